The highest BCUT2D eigenvalue weighted by atomic mass is 19.4. The van der Waals surface area contributed by atoms with Gasteiger partial charge in [-0.3, -0.25) is 9.59 Å². The Bertz CT molecular complexity index is 1190. The average Bonchev–Trinajstić information content (AvgIpc) is 3.01. The molecule has 0 saturated heterocycles. The van der Waals surface area contributed by atoms with E-state index in [0.717, 1.165) is 12.1 Å². The molecule has 2 aromatic carbocycles. The molecule has 30 heavy (non-hydrogen) atoms. The van der Waals surface area contributed by atoms with Crippen LogP contribution < -0.4 is 5.32 Å². The van der Waals surface area contributed by atoms with E-state index in [1.165, 1.54) is 36.7 Å². The number of ketones is 1. The van der Waals surface area contributed by atoms with Crippen molar-refractivity contribution in [1.82, 2.24) is 9.78 Å². The van der Waals surface area contributed by atoms with Gasteiger partial charge in [-0.15, -0.1) is 6.42 Å². The number of hydrogen-bond donors (Lipinski definition) is 1. The summed E-state index contributed by atoms with van der Waals surface area (Å²) < 4.78 is 40.3. The summed E-state index contributed by atoms with van der Waals surface area (Å²) in [7, 11) is 0. The number of amides is 1. The van der Waals surface area contributed by atoms with E-state index in [1.54, 1.807) is 18.2 Å². The van der Waals surface area contributed by atoms with Gasteiger partial charge in [0, 0.05) is 11.3 Å². The molecule has 3 rings (SSSR count). The lowest BCUT2D eigenvalue weighted by Crippen LogP contribution is -2.24. The molecule has 3 aromatic rings. The number of benzene rings is 2. The summed E-state index contributed by atoms with van der Waals surface area (Å²) >= 11 is 0. The highest BCUT2D eigenvalue weighted by Crippen LogP contribution is 2.31. The zero-order chi connectivity index (χ0) is 22.1. The Balaban J connectivity index is 1.93. The van der Waals surface area contributed by atoms with Gasteiger partial charge < -0.3 is 5.32 Å². The molecule has 0 aliphatic carbocycles. The second-order valence-electron chi connectivity index (χ2n) is 6.51. The molecule has 1 aromatic heterocycles. The third-order valence-corrected chi connectivity index (χ3v) is 4.43. The molecule has 0 aliphatic rings. The first-order valence-electron chi connectivity index (χ1n) is 8.78. The molecule has 0 radical (unpaired) electrons. The minimum absolute atomic E-state index is 0.0259. The van der Waals surface area contributed by atoms with E-state index in [0.29, 0.717) is 11.3 Å². The zero-order valence-corrected chi connectivity index (χ0v) is 16.0. The van der Waals surface area contributed by atoms with Crippen LogP contribution in [0.2, 0.25) is 0 Å². The molecule has 0 aliphatic heterocycles. The summed E-state index contributed by atoms with van der Waals surface area (Å²) in [6.07, 6.45) is 0.808. The van der Waals surface area contributed by atoms with Crippen LogP contribution in [-0.2, 0) is 11.0 Å². The number of anilines is 1. The average molecular weight is 411 g/mol. The maximum atomic E-state index is 13.0. The van der Waals surface area contributed by atoms with E-state index in [4.69, 9.17) is 6.42 Å². The minimum atomic E-state index is -4.52. The Morgan fingerprint density at radius 2 is 1.80 bits per heavy atom. The Hall–Kier alpha value is -3.86. The first-order valence-corrected chi connectivity index (χ1v) is 8.78. The highest BCUT2D eigenvalue weighted by molar-refractivity contribution is 6.47. The smallest absolute Gasteiger partial charge is 0.319 e. The Kier molecular flexibility index (Phi) is 5.47. The fourth-order valence-electron chi connectivity index (χ4n) is 3.02. The van der Waals surface area contributed by atoms with Gasteiger partial charge in [0.1, 0.15) is 0 Å². The fourth-order valence-corrected chi connectivity index (χ4v) is 3.02. The zero-order valence-electron chi connectivity index (χ0n) is 16.0. The number of hydrogen-bond acceptors (Lipinski definition) is 3. The number of aryl methyl sites for hydroxylation is 1. The van der Waals surface area contributed by atoms with Crippen LogP contribution in [0.3, 0.4) is 0 Å². The molecule has 5 nitrogen and oxygen atoms in total. The van der Waals surface area contributed by atoms with Crippen molar-refractivity contribution < 1.29 is 22.8 Å². The van der Waals surface area contributed by atoms with Crippen LogP contribution in [0.15, 0.2) is 48.5 Å². The lowest BCUT2D eigenvalue weighted by molar-refractivity contribution is -0.137. The first kappa shape index (κ1) is 20.9. The van der Waals surface area contributed by atoms with Crippen molar-refractivity contribution in [3.05, 3.63) is 76.6 Å². The van der Waals surface area contributed by atoms with Crippen LogP contribution in [0.4, 0.5) is 18.9 Å². The fraction of sp³-hybridized carbons (Fsp3) is 0.136. The van der Waals surface area contributed by atoms with E-state index >= 15 is 0 Å². The van der Waals surface area contributed by atoms with Crippen molar-refractivity contribution in [2.24, 2.45) is 0 Å². The van der Waals surface area contributed by atoms with Crippen LogP contribution in [0.5, 0.6) is 0 Å². The molecule has 1 heterocycles. The van der Waals surface area contributed by atoms with Crippen molar-refractivity contribution in [1.29, 1.82) is 0 Å². The molecule has 1 N–H and O–H groups in total. The number of carbonyl (C=O) groups is 2. The van der Waals surface area contributed by atoms with Gasteiger partial charge in [0.15, 0.2) is 0 Å². The number of rotatable bonds is 4. The van der Waals surface area contributed by atoms with Crippen LogP contribution in [0, 0.1) is 26.2 Å². The van der Waals surface area contributed by atoms with Gasteiger partial charge in [0.2, 0.25) is 0 Å². The molecule has 0 atom stereocenters. The summed E-state index contributed by atoms with van der Waals surface area (Å²) in [6, 6.07) is 11.0. The van der Waals surface area contributed by atoms with E-state index in [-0.39, 0.29) is 22.6 Å². The molecule has 0 bridgehead atoms. The molecule has 152 valence electrons. The lowest BCUT2D eigenvalue weighted by atomic mass is 10.1. The minimum Gasteiger partial charge on any atom is -0.319 e. The van der Waals surface area contributed by atoms with E-state index in [2.05, 4.69) is 16.3 Å². The van der Waals surface area contributed by atoms with Gasteiger partial charge in [-0.1, -0.05) is 18.1 Å². The second-order valence-corrected chi connectivity index (χ2v) is 6.51. The van der Waals surface area contributed by atoms with Gasteiger partial charge in [-0.2, -0.15) is 18.3 Å². The standard InChI is InChI=1S/C22H16F3N3O2/c1-4-15-7-5-9-17(11-15)26-21(30)20(29)19-13(2)27-28(14(19)3)18-10-6-8-16(12-18)22(23,24)25/h1,5-12H,2-3H3,(H,26,30). The topological polar surface area (TPSA) is 64.0 Å². The van der Waals surface area contributed by atoms with Crippen molar-refractivity contribution >= 4 is 17.4 Å². The third-order valence-electron chi connectivity index (χ3n) is 4.43. The predicted molar refractivity (Wildman–Crippen MR) is 105 cm³/mol. The van der Waals surface area contributed by atoms with Gasteiger partial charge in [-0.25, -0.2) is 4.68 Å². The van der Waals surface area contributed by atoms with Crippen molar-refractivity contribution in [2.75, 3.05) is 5.32 Å². The number of alkyl halides is 3. The number of carbonyl (C=O) groups excluding carboxylic acids is 2. The molecule has 8 heteroatoms. The number of aromatic nitrogens is 2. The maximum Gasteiger partial charge on any atom is 0.416 e. The Morgan fingerprint density at radius 3 is 2.47 bits per heavy atom. The van der Waals surface area contributed by atoms with E-state index in [1.807, 2.05) is 0 Å². The van der Waals surface area contributed by atoms with Crippen LogP contribution in [0.1, 0.15) is 32.9 Å². The Labute approximate surface area is 170 Å². The molecule has 0 unspecified atom stereocenters. The normalized spacial score (nSPS) is 11.1. The van der Waals surface area contributed by atoms with Crippen LogP contribution in [0.25, 0.3) is 5.69 Å². The summed E-state index contributed by atoms with van der Waals surface area (Å²) in [5.41, 5.74) is 0.678. The summed E-state index contributed by atoms with van der Waals surface area (Å²) in [5, 5.41) is 6.64. The number of nitrogens with one attached hydrogen (secondary N) is 1. The molecule has 0 fully saturated rings. The van der Waals surface area contributed by atoms with E-state index in [9.17, 15) is 22.8 Å². The summed E-state index contributed by atoms with van der Waals surface area (Å²) in [6.45, 7) is 3.02. The van der Waals surface area contributed by atoms with Gasteiger partial charge in [0.05, 0.1) is 28.2 Å². The first-order chi connectivity index (χ1) is 14.1. The van der Waals surface area contributed by atoms with Gasteiger partial charge in [0.25, 0.3) is 11.7 Å². The number of Topliss-reactive ketones (excluding diaryl/α,β-unsaturated/α-hetero) is 1. The highest BCUT2D eigenvalue weighted by Gasteiger charge is 2.31. The number of terminal acetylenes is 1. The summed E-state index contributed by atoms with van der Waals surface area (Å²) in [4.78, 5) is 25.2. The molecule has 0 spiro atoms. The van der Waals surface area contributed by atoms with Crippen molar-refractivity contribution in [2.45, 2.75) is 20.0 Å². The van der Waals surface area contributed by atoms with Crippen LogP contribution in [-0.4, -0.2) is 21.5 Å². The SMILES string of the molecule is C#Cc1cccc(NC(=O)C(=O)c2c(C)nn(-c3cccc(C(F)(F)F)c3)c2C)c1. The number of halogens is 3. The van der Waals surface area contributed by atoms with Gasteiger partial charge >= 0.3 is 6.18 Å². The molecule has 0 saturated carbocycles. The molecule has 1 amide bonds. The van der Waals surface area contributed by atoms with Crippen molar-refractivity contribution in [3.63, 3.8) is 0 Å². The largest absolute Gasteiger partial charge is 0.416 e. The number of nitrogens with zero attached hydrogens (tertiary/aromatic N) is 2. The van der Waals surface area contributed by atoms with Crippen molar-refractivity contribution in [3.8, 4) is 18.0 Å². The Morgan fingerprint density at radius 1 is 1.10 bits per heavy atom. The second kappa shape index (κ2) is 7.87. The van der Waals surface area contributed by atoms with E-state index < -0.39 is 23.4 Å². The maximum absolute atomic E-state index is 13.0. The summed E-state index contributed by atoms with van der Waals surface area (Å²) in [5.74, 6) is 0.670. The quantitative estimate of drug-likeness (QED) is 0.395. The van der Waals surface area contributed by atoms with Crippen LogP contribution >= 0.6 is 0 Å². The monoisotopic (exact) mass is 411 g/mol. The molecular weight excluding hydrogens is 395 g/mol. The lowest BCUT2D eigenvalue weighted by Gasteiger charge is -2.10. The molecular formula is C22H16F3N3O2. The van der Waals surface area contributed by atoms with Gasteiger partial charge in [-0.05, 0) is 50.2 Å². The predicted octanol–water partition coefficient (Wildman–Crippen LogP) is 4.31. The third kappa shape index (κ3) is 4.10.